The number of hydrogen-bond acceptors (Lipinski definition) is 15. The number of carbonyl (C=O) groups excluding carboxylic acids is 5. The van der Waals surface area contributed by atoms with Crippen molar-refractivity contribution in [2.45, 2.75) is 18.9 Å². The van der Waals surface area contributed by atoms with Gasteiger partial charge in [0, 0.05) is 20.1 Å². The van der Waals surface area contributed by atoms with Crippen LogP contribution in [0.15, 0.2) is 0 Å². The minimum atomic E-state index is -1.11. The van der Waals surface area contributed by atoms with E-state index in [2.05, 4.69) is 26.6 Å². The number of amides is 5. The molecule has 0 aliphatic rings. The van der Waals surface area contributed by atoms with Crippen LogP contribution in [0, 0.1) is 0 Å². The first-order chi connectivity index (χ1) is 24.6. The summed E-state index contributed by atoms with van der Waals surface area (Å²) in [5.41, 5.74) is 5.52. The molecule has 296 valence electrons. The maximum Gasteiger partial charge on any atom is 0.303 e. The molecule has 0 saturated carbocycles. The summed E-state index contributed by atoms with van der Waals surface area (Å²) >= 11 is 0. The van der Waals surface area contributed by atoms with Gasteiger partial charge in [0.25, 0.3) is 0 Å². The monoisotopic (exact) mass is 740 g/mol. The van der Waals surface area contributed by atoms with Crippen LogP contribution in [-0.4, -0.2) is 186 Å². The van der Waals surface area contributed by atoms with E-state index in [9.17, 15) is 28.8 Å². The van der Waals surface area contributed by atoms with Crippen LogP contribution in [0.1, 0.15) is 12.8 Å². The highest BCUT2D eigenvalue weighted by Gasteiger charge is 2.16. The van der Waals surface area contributed by atoms with Crippen LogP contribution in [-0.2, 0) is 66.7 Å². The predicted molar refractivity (Wildman–Crippen MR) is 178 cm³/mol. The highest BCUT2D eigenvalue weighted by atomic mass is 16.6. The molecule has 0 fully saturated rings. The summed E-state index contributed by atoms with van der Waals surface area (Å²) in [4.78, 5) is 69.5. The molecule has 0 aromatic rings. The van der Waals surface area contributed by atoms with Gasteiger partial charge < -0.3 is 75.3 Å². The fourth-order valence-electron chi connectivity index (χ4n) is 3.32. The molecule has 0 unspecified atom stereocenters. The summed E-state index contributed by atoms with van der Waals surface area (Å²) < 4.78 is 42.5. The number of nitrogens with one attached hydrogen (secondary N) is 5. The van der Waals surface area contributed by atoms with E-state index in [-0.39, 0.29) is 32.5 Å². The molecule has 8 N–H and O–H groups in total. The predicted octanol–water partition coefficient (Wildman–Crippen LogP) is -4.48. The SMILES string of the molecule is COCCOCCOCCOCCOCCOCCOCCOCCNC(=O)CNC(=O)CNC(=O)CNC(=O)CNC(=O)[C@@H](N)CCC(=O)O. The van der Waals surface area contributed by atoms with Crippen molar-refractivity contribution in [2.75, 3.05) is 139 Å². The highest BCUT2D eigenvalue weighted by Crippen LogP contribution is 1.94. The summed E-state index contributed by atoms with van der Waals surface area (Å²) in [6, 6.07) is -1.09. The Morgan fingerprint density at radius 2 is 0.804 bits per heavy atom. The summed E-state index contributed by atoms with van der Waals surface area (Å²) in [6.07, 6.45) is -0.396. The lowest BCUT2D eigenvalue weighted by molar-refractivity contribution is -0.137. The molecule has 21 nitrogen and oxygen atoms in total. The summed E-state index contributed by atoms with van der Waals surface area (Å²) in [5, 5.41) is 20.2. The highest BCUT2D eigenvalue weighted by molar-refractivity contribution is 5.91. The summed E-state index contributed by atoms with van der Waals surface area (Å²) in [6.45, 7) is 5.16. The van der Waals surface area contributed by atoms with Crippen LogP contribution in [0.2, 0.25) is 0 Å². The molecule has 0 aliphatic carbocycles. The van der Waals surface area contributed by atoms with Gasteiger partial charge >= 0.3 is 5.97 Å². The zero-order valence-corrected chi connectivity index (χ0v) is 29.4. The minimum Gasteiger partial charge on any atom is -0.481 e. The molecule has 51 heavy (non-hydrogen) atoms. The second kappa shape index (κ2) is 34.9. The van der Waals surface area contributed by atoms with Crippen molar-refractivity contribution in [1.82, 2.24) is 26.6 Å². The summed E-state index contributed by atoms with van der Waals surface area (Å²) in [7, 11) is 1.62. The molecule has 0 aromatic heterocycles. The Hall–Kier alpha value is -3.54. The van der Waals surface area contributed by atoms with Gasteiger partial charge in [0.15, 0.2) is 0 Å². The standard InChI is InChI=1S/C30H56N6O15/c1-44-6-7-46-10-11-48-14-15-50-18-19-51-17-16-49-13-12-47-9-8-45-5-4-32-25(37)20-33-26(38)21-34-27(39)22-35-28(40)23-36-30(43)24(31)2-3-29(41)42/h24H,2-23,31H2,1H3,(H,32,37)(H,33,38)(H,34,39)(H,35,40)(H,36,43)(H,41,42)/t24-/m0/s1. The zero-order valence-electron chi connectivity index (χ0n) is 29.4. The number of carboxylic acid groups (broad SMARTS) is 1. The van der Waals surface area contributed by atoms with Crippen LogP contribution in [0.5, 0.6) is 0 Å². The minimum absolute atomic E-state index is 0.0967. The Labute approximate surface area is 297 Å². The van der Waals surface area contributed by atoms with E-state index in [1.54, 1.807) is 7.11 Å². The van der Waals surface area contributed by atoms with Gasteiger partial charge in [0.2, 0.25) is 29.5 Å². The number of nitrogens with two attached hydrogens (primary N) is 1. The van der Waals surface area contributed by atoms with Crippen molar-refractivity contribution in [1.29, 1.82) is 0 Å². The maximum atomic E-state index is 11.9. The van der Waals surface area contributed by atoms with Crippen LogP contribution in [0.3, 0.4) is 0 Å². The molecule has 0 saturated heterocycles. The van der Waals surface area contributed by atoms with E-state index in [1.807, 2.05) is 0 Å². The Morgan fingerprint density at radius 1 is 0.490 bits per heavy atom. The fraction of sp³-hybridized carbons (Fsp3) is 0.800. The molecular formula is C30H56N6O15. The topological polar surface area (TPSA) is 283 Å². The number of hydrogen-bond donors (Lipinski definition) is 7. The van der Waals surface area contributed by atoms with Crippen molar-refractivity contribution >= 4 is 35.5 Å². The van der Waals surface area contributed by atoms with E-state index in [1.165, 1.54) is 0 Å². The Morgan fingerprint density at radius 3 is 1.16 bits per heavy atom. The first-order valence-corrected chi connectivity index (χ1v) is 16.5. The molecule has 1 atom stereocenters. The summed E-state index contributed by atoms with van der Waals surface area (Å²) in [5.74, 6) is -4.28. The van der Waals surface area contributed by atoms with Crippen molar-refractivity contribution < 1.29 is 71.8 Å². The molecule has 5 amide bonds. The quantitative estimate of drug-likeness (QED) is 0.0298. The number of aliphatic carboxylic acids is 1. The lowest BCUT2D eigenvalue weighted by atomic mass is 10.1. The number of methoxy groups -OCH3 is 1. The molecule has 0 rings (SSSR count). The van der Waals surface area contributed by atoms with Gasteiger partial charge in [0.05, 0.1) is 131 Å². The molecule has 0 radical (unpaired) electrons. The fourth-order valence-corrected chi connectivity index (χ4v) is 3.32. The van der Waals surface area contributed by atoms with Crippen molar-refractivity contribution in [3.63, 3.8) is 0 Å². The molecule has 0 bridgehead atoms. The van der Waals surface area contributed by atoms with Gasteiger partial charge in [-0.3, -0.25) is 28.8 Å². The molecule has 0 aliphatic heterocycles. The second-order valence-corrected chi connectivity index (χ2v) is 10.2. The van der Waals surface area contributed by atoms with E-state index in [0.29, 0.717) is 92.5 Å². The third-order valence-electron chi connectivity index (χ3n) is 6.00. The van der Waals surface area contributed by atoms with Gasteiger partial charge in [-0.25, -0.2) is 0 Å². The van der Waals surface area contributed by atoms with Gasteiger partial charge in [-0.15, -0.1) is 0 Å². The Kier molecular flexibility index (Phi) is 32.5. The lowest BCUT2D eigenvalue weighted by Gasteiger charge is -2.11. The zero-order chi connectivity index (χ0) is 37.8. The molecule has 0 spiro atoms. The van der Waals surface area contributed by atoms with Crippen LogP contribution >= 0.6 is 0 Å². The van der Waals surface area contributed by atoms with Gasteiger partial charge in [-0.05, 0) is 6.42 Å². The average Bonchev–Trinajstić information content (AvgIpc) is 3.11. The first-order valence-electron chi connectivity index (χ1n) is 16.5. The number of rotatable bonds is 36. The number of carboxylic acids is 1. The first kappa shape index (κ1) is 47.5. The van der Waals surface area contributed by atoms with Crippen LogP contribution in [0.25, 0.3) is 0 Å². The van der Waals surface area contributed by atoms with Crippen molar-refractivity contribution in [3.05, 3.63) is 0 Å². The maximum absolute atomic E-state index is 11.9. The van der Waals surface area contributed by atoms with E-state index in [4.69, 9.17) is 48.7 Å². The van der Waals surface area contributed by atoms with E-state index >= 15 is 0 Å². The average molecular weight is 741 g/mol. The molecule has 21 heteroatoms. The van der Waals surface area contributed by atoms with Crippen molar-refractivity contribution in [2.24, 2.45) is 5.73 Å². The van der Waals surface area contributed by atoms with Crippen LogP contribution in [0.4, 0.5) is 0 Å². The Bertz CT molecular complexity index is 963. The van der Waals surface area contributed by atoms with Crippen LogP contribution < -0.4 is 32.3 Å². The molecular weight excluding hydrogens is 684 g/mol. The van der Waals surface area contributed by atoms with Gasteiger partial charge in [0.1, 0.15) is 0 Å². The smallest absolute Gasteiger partial charge is 0.303 e. The van der Waals surface area contributed by atoms with Gasteiger partial charge in [-0.1, -0.05) is 0 Å². The second-order valence-electron chi connectivity index (χ2n) is 10.2. The van der Waals surface area contributed by atoms with E-state index < -0.39 is 61.2 Å². The third kappa shape index (κ3) is 34.7. The van der Waals surface area contributed by atoms with Crippen molar-refractivity contribution in [3.8, 4) is 0 Å². The third-order valence-corrected chi connectivity index (χ3v) is 6.00. The number of ether oxygens (including phenoxy) is 8. The Balaban J connectivity index is 3.49. The molecule has 0 heterocycles. The normalized spacial score (nSPS) is 11.4. The van der Waals surface area contributed by atoms with Gasteiger partial charge in [-0.2, -0.15) is 0 Å². The molecule has 0 aromatic carbocycles. The number of carbonyl (C=O) groups is 6. The largest absolute Gasteiger partial charge is 0.481 e. The van der Waals surface area contributed by atoms with E-state index in [0.717, 1.165) is 0 Å². The lowest BCUT2D eigenvalue weighted by Crippen LogP contribution is -2.47.